The summed E-state index contributed by atoms with van der Waals surface area (Å²) in [7, 11) is -1.36. The maximum Gasteiger partial charge on any atom is 0.124 e. The molecule has 4 aromatic rings. The Morgan fingerprint density at radius 2 is 1.43 bits per heavy atom. The van der Waals surface area contributed by atoms with Gasteiger partial charge in [0.2, 0.25) is 0 Å². The van der Waals surface area contributed by atoms with Crippen LogP contribution in [0.25, 0.3) is 0 Å². The second-order valence-corrected chi connectivity index (χ2v) is 11.6. The van der Waals surface area contributed by atoms with Crippen molar-refractivity contribution >= 4 is 28.3 Å². The van der Waals surface area contributed by atoms with Crippen LogP contribution in [0, 0.1) is 0 Å². The van der Waals surface area contributed by atoms with Crippen LogP contribution in [0.1, 0.15) is 55.3 Å². The molecule has 0 spiro atoms. The topological polar surface area (TPSA) is 54.6 Å². The molecule has 1 aromatic heterocycles. The number of aliphatic imine (C=N–C) groups is 1. The van der Waals surface area contributed by atoms with Gasteiger partial charge >= 0.3 is 0 Å². The number of hydrogen-bond donors (Lipinski definition) is 1. The minimum Gasteiger partial charge on any atom is -0.468 e. The van der Waals surface area contributed by atoms with E-state index in [0.717, 1.165) is 22.4 Å². The highest BCUT2D eigenvalue weighted by atomic mass is 35.5. The molecular weight excluding hydrogens is 476 g/mol. The van der Waals surface area contributed by atoms with E-state index in [-0.39, 0.29) is 0 Å². The lowest BCUT2D eigenvalue weighted by Crippen LogP contribution is -2.37. The highest BCUT2D eigenvalue weighted by molar-refractivity contribution is 7.84. The third kappa shape index (κ3) is 6.37. The van der Waals surface area contributed by atoms with Gasteiger partial charge in [0.05, 0.1) is 33.7 Å². The standard InChI is InChI=1S/C29H29ClN2O2S/c1-29(2,3)35(33)32-28(25-15-10-20-34-25)27(23-16-18-24(30)19-17-23)31-26(21-11-6-4-7-12-21)22-13-8-5-9-14-22/h4-20,27-28,32H,1-3H3/t27-,28+,35?/m0/s1. The molecule has 0 radical (unpaired) electrons. The zero-order chi connectivity index (χ0) is 24.8. The van der Waals surface area contributed by atoms with E-state index in [9.17, 15) is 4.21 Å². The molecule has 1 heterocycles. The van der Waals surface area contributed by atoms with E-state index in [1.807, 2.05) is 118 Å². The fourth-order valence-corrected chi connectivity index (χ4v) is 4.64. The summed E-state index contributed by atoms with van der Waals surface area (Å²) in [5.41, 5.74) is 3.75. The van der Waals surface area contributed by atoms with Crippen LogP contribution < -0.4 is 4.72 Å². The van der Waals surface area contributed by atoms with Gasteiger partial charge in [-0.3, -0.25) is 4.99 Å². The van der Waals surface area contributed by atoms with Gasteiger partial charge in [0.25, 0.3) is 0 Å². The summed E-state index contributed by atoms with van der Waals surface area (Å²) >= 11 is 6.22. The predicted molar refractivity (Wildman–Crippen MR) is 145 cm³/mol. The molecule has 0 saturated heterocycles. The van der Waals surface area contributed by atoms with E-state index in [0.29, 0.717) is 10.8 Å². The third-order valence-electron chi connectivity index (χ3n) is 5.53. The molecule has 0 aliphatic rings. The van der Waals surface area contributed by atoms with Crippen molar-refractivity contribution in [1.82, 2.24) is 4.72 Å². The van der Waals surface area contributed by atoms with Crippen LogP contribution in [0.4, 0.5) is 0 Å². The van der Waals surface area contributed by atoms with E-state index in [4.69, 9.17) is 21.0 Å². The van der Waals surface area contributed by atoms with Crippen LogP contribution in [0.15, 0.2) is 113 Å². The Morgan fingerprint density at radius 1 is 0.857 bits per heavy atom. The number of nitrogens with one attached hydrogen (secondary N) is 1. The van der Waals surface area contributed by atoms with Crippen LogP contribution >= 0.6 is 11.6 Å². The van der Waals surface area contributed by atoms with E-state index < -0.39 is 27.8 Å². The van der Waals surface area contributed by atoms with Gasteiger partial charge in [0, 0.05) is 16.1 Å². The molecule has 35 heavy (non-hydrogen) atoms. The largest absolute Gasteiger partial charge is 0.468 e. The summed E-state index contributed by atoms with van der Waals surface area (Å²) in [4.78, 5) is 5.32. The maximum absolute atomic E-state index is 13.3. The smallest absolute Gasteiger partial charge is 0.124 e. The molecule has 3 atom stereocenters. The van der Waals surface area contributed by atoms with Gasteiger partial charge in [-0.25, -0.2) is 8.93 Å². The fourth-order valence-electron chi connectivity index (χ4n) is 3.69. The number of benzene rings is 3. The molecule has 1 N–H and O–H groups in total. The van der Waals surface area contributed by atoms with Crippen LogP contribution in [0.2, 0.25) is 5.02 Å². The van der Waals surface area contributed by atoms with Gasteiger partial charge in [0.15, 0.2) is 0 Å². The molecule has 6 heteroatoms. The van der Waals surface area contributed by atoms with Crippen molar-refractivity contribution in [3.05, 3.63) is 131 Å². The first kappa shape index (κ1) is 25.1. The van der Waals surface area contributed by atoms with Crippen molar-refractivity contribution in [1.29, 1.82) is 0 Å². The quantitative estimate of drug-likeness (QED) is 0.256. The molecule has 4 rings (SSSR count). The summed E-state index contributed by atoms with van der Waals surface area (Å²) in [6.45, 7) is 5.82. The minimum atomic E-state index is -1.36. The number of halogens is 1. The number of rotatable bonds is 8. The lowest BCUT2D eigenvalue weighted by molar-refractivity contribution is 0.409. The minimum absolute atomic E-state index is 0.444. The van der Waals surface area contributed by atoms with Crippen molar-refractivity contribution in [3.8, 4) is 0 Å². The van der Waals surface area contributed by atoms with Gasteiger partial charge in [-0.1, -0.05) is 84.4 Å². The van der Waals surface area contributed by atoms with E-state index in [1.165, 1.54) is 0 Å². The Morgan fingerprint density at radius 3 is 1.91 bits per heavy atom. The summed E-state index contributed by atoms with van der Waals surface area (Å²) in [6.07, 6.45) is 1.63. The molecule has 0 fully saturated rings. The lowest BCUT2D eigenvalue weighted by atomic mass is 9.96. The normalized spacial score (nSPS) is 14.2. The molecule has 1 unspecified atom stereocenters. The zero-order valence-corrected chi connectivity index (χ0v) is 21.6. The summed E-state index contributed by atoms with van der Waals surface area (Å²) < 4.78 is 22.0. The van der Waals surface area contributed by atoms with Crippen molar-refractivity contribution in [2.75, 3.05) is 0 Å². The summed E-state index contributed by atoms with van der Waals surface area (Å²) in [5, 5.41) is 0.642. The molecule has 3 aromatic carbocycles. The zero-order valence-electron chi connectivity index (χ0n) is 20.0. The van der Waals surface area contributed by atoms with Crippen LogP contribution in [0.5, 0.6) is 0 Å². The van der Waals surface area contributed by atoms with Crippen molar-refractivity contribution < 1.29 is 8.63 Å². The van der Waals surface area contributed by atoms with Crippen molar-refractivity contribution in [3.63, 3.8) is 0 Å². The first-order chi connectivity index (χ1) is 16.8. The highest BCUT2D eigenvalue weighted by Gasteiger charge is 2.32. The van der Waals surface area contributed by atoms with Gasteiger partial charge < -0.3 is 4.42 Å². The summed E-state index contributed by atoms with van der Waals surface area (Å²) in [5.74, 6) is 0.659. The third-order valence-corrected chi connectivity index (χ3v) is 7.36. The Kier molecular flexibility index (Phi) is 8.01. The highest BCUT2D eigenvalue weighted by Crippen LogP contribution is 2.35. The molecule has 0 amide bonds. The van der Waals surface area contributed by atoms with Gasteiger partial charge in [0.1, 0.15) is 11.8 Å². The molecule has 4 nitrogen and oxygen atoms in total. The Bertz CT molecular complexity index is 1220. The van der Waals surface area contributed by atoms with Gasteiger partial charge in [-0.05, 0) is 50.6 Å². The molecular formula is C29H29ClN2O2S. The Balaban J connectivity index is 1.92. The SMILES string of the molecule is CC(C)(C)S(=O)N[C@H](c1ccco1)[C@@H](N=C(c1ccccc1)c1ccccc1)c1ccc(Cl)cc1. The number of furan rings is 1. The Hall–Kier alpha value is -2.99. The lowest BCUT2D eigenvalue weighted by Gasteiger charge is -2.28. The number of nitrogens with zero attached hydrogens (tertiary/aromatic N) is 1. The monoisotopic (exact) mass is 504 g/mol. The van der Waals surface area contributed by atoms with Crippen LogP contribution in [0.3, 0.4) is 0 Å². The second kappa shape index (κ2) is 11.2. The van der Waals surface area contributed by atoms with Crippen molar-refractivity contribution in [2.45, 2.75) is 37.6 Å². The summed E-state index contributed by atoms with van der Waals surface area (Å²) in [6, 6.07) is 30.6. The molecule has 0 bridgehead atoms. The van der Waals surface area contributed by atoms with E-state index in [2.05, 4.69) is 4.72 Å². The molecule has 0 aliphatic carbocycles. The van der Waals surface area contributed by atoms with Gasteiger partial charge in [-0.15, -0.1) is 0 Å². The average Bonchev–Trinajstić information content (AvgIpc) is 3.39. The van der Waals surface area contributed by atoms with Crippen LogP contribution in [-0.2, 0) is 11.0 Å². The molecule has 180 valence electrons. The Labute approximate surface area is 214 Å². The predicted octanol–water partition coefficient (Wildman–Crippen LogP) is 7.30. The van der Waals surface area contributed by atoms with Gasteiger partial charge in [-0.2, -0.15) is 0 Å². The molecule has 0 aliphatic heterocycles. The number of hydrogen-bond acceptors (Lipinski definition) is 3. The first-order valence-electron chi connectivity index (χ1n) is 11.5. The average molecular weight is 505 g/mol. The maximum atomic E-state index is 13.3. The molecule has 0 saturated carbocycles. The van der Waals surface area contributed by atoms with E-state index in [1.54, 1.807) is 6.26 Å². The van der Waals surface area contributed by atoms with Crippen molar-refractivity contribution in [2.24, 2.45) is 4.99 Å². The first-order valence-corrected chi connectivity index (χ1v) is 13.0. The van der Waals surface area contributed by atoms with E-state index >= 15 is 0 Å². The second-order valence-electron chi connectivity index (χ2n) is 9.20. The van der Waals surface area contributed by atoms with Crippen LogP contribution in [-0.4, -0.2) is 14.7 Å². The fraction of sp³-hybridized carbons (Fsp3) is 0.207.